The minimum absolute atomic E-state index is 0.149. The van der Waals surface area contributed by atoms with Gasteiger partial charge >= 0.3 is 0 Å². The van der Waals surface area contributed by atoms with Crippen molar-refractivity contribution in [1.82, 2.24) is 20.0 Å². The lowest BCUT2D eigenvalue weighted by Gasteiger charge is -2.13. The summed E-state index contributed by atoms with van der Waals surface area (Å²) in [6, 6.07) is 6.06. The predicted octanol–water partition coefficient (Wildman–Crippen LogP) is 2.41. The van der Waals surface area contributed by atoms with Crippen molar-refractivity contribution >= 4 is 10.9 Å². The highest BCUT2D eigenvalue weighted by molar-refractivity contribution is 5.93. The molecule has 0 saturated carbocycles. The van der Waals surface area contributed by atoms with Crippen LogP contribution in [0, 0.1) is 0 Å². The number of nitrogens with one attached hydrogen (secondary N) is 1. The molecule has 4 rings (SSSR count). The fraction of sp³-hybridized carbons (Fsp3) is 0.412. The lowest BCUT2D eigenvalue weighted by atomic mass is 10.1. The van der Waals surface area contributed by atoms with Gasteiger partial charge in [-0.05, 0) is 25.1 Å². The molecule has 24 heavy (non-hydrogen) atoms. The molecule has 0 spiro atoms. The molecule has 7 nitrogen and oxygen atoms in total. The average molecular weight is 328 g/mol. The number of benzene rings is 1. The standard InChI is InChI=1S/C17H20N4O3/c1-12-11-23-5-4-22-6-7-24-14-2-3-16-15(8-14)17(20-19-16)13-9-18-21(12)10-13/h2-3,8-10,12H,4-7,11H2,1H3,(H,19,20)/t12-/m0/s1. The molecule has 3 aromatic rings. The van der Waals surface area contributed by atoms with E-state index in [4.69, 9.17) is 14.2 Å². The van der Waals surface area contributed by atoms with Crippen molar-refractivity contribution in [3.8, 4) is 17.0 Å². The molecule has 3 heterocycles. The molecule has 1 aromatic carbocycles. The van der Waals surface area contributed by atoms with Crippen molar-refractivity contribution in [2.45, 2.75) is 13.0 Å². The molecule has 0 radical (unpaired) electrons. The second-order valence-corrected chi connectivity index (χ2v) is 5.87. The maximum Gasteiger partial charge on any atom is 0.120 e. The van der Waals surface area contributed by atoms with Gasteiger partial charge in [0.25, 0.3) is 0 Å². The molecule has 0 saturated heterocycles. The number of hydrogen-bond acceptors (Lipinski definition) is 5. The van der Waals surface area contributed by atoms with E-state index in [0.29, 0.717) is 33.0 Å². The molecule has 2 aromatic heterocycles. The van der Waals surface area contributed by atoms with Crippen molar-refractivity contribution < 1.29 is 14.2 Å². The van der Waals surface area contributed by atoms with Crippen LogP contribution in [-0.4, -0.2) is 53.0 Å². The number of aromatic nitrogens is 4. The highest BCUT2D eigenvalue weighted by Crippen LogP contribution is 2.29. The van der Waals surface area contributed by atoms with Crippen molar-refractivity contribution in [2.75, 3.05) is 33.0 Å². The SMILES string of the molecule is C[C@H]1COCCOCCOc2ccc3[nH]nc(c3c2)-c2cnn1c2. The second kappa shape index (κ2) is 6.62. The van der Waals surface area contributed by atoms with Crippen LogP contribution in [0.3, 0.4) is 0 Å². The minimum atomic E-state index is 0.149. The number of rotatable bonds is 0. The lowest BCUT2D eigenvalue weighted by molar-refractivity contribution is 0.0267. The van der Waals surface area contributed by atoms with Gasteiger partial charge in [0, 0.05) is 17.1 Å². The van der Waals surface area contributed by atoms with Crippen LogP contribution in [0.2, 0.25) is 0 Å². The smallest absolute Gasteiger partial charge is 0.120 e. The third kappa shape index (κ3) is 3.00. The first kappa shape index (κ1) is 15.2. The second-order valence-electron chi connectivity index (χ2n) is 5.87. The third-order valence-corrected chi connectivity index (χ3v) is 4.09. The first-order valence-corrected chi connectivity index (χ1v) is 8.12. The van der Waals surface area contributed by atoms with Crippen LogP contribution in [0.4, 0.5) is 0 Å². The lowest BCUT2D eigenvalue weighted by Crippen LogP contribution is -2.16. The van der Waals surface area contributed by atoms with E-state index in [1.807, 2.05) is 35.3 Å². The van der Waals surface area contributed by atoms with Gasteiger partial charge in [-0.3, -0.25) is 9.78 Å². The largest absolute Gasteiger partial charge is 0.491 e. The van der Waals surface area contributed by atoms with Crippen LogP contribution in [0.5, 0.6) is 5.75 Å². The van der Waals surface area contributed by atoms with Gasteiger partial charge in [0.1, 0.15) is 18.1 Å². The Morgan fingerprint density at radius 3 is 3.00 bits per heavy atom. The Balaban J connectivity index is 1.72. The van der Waals surface area contributed by atoms with Gasteiger partial charge in [0.2, 0.25) is 0 Å². The monoisotopic (exact) mass is 328 g/mol. The molecule has 1 atom stereocenters. The van der Waals surface area contributed by atoms with Crippen molar-refractivity contribution in [2.24, 2.45) is 0 Å². The van der Waals surface area contributed by atoms with Crippen LogP contribution < -0.4 is 4.74 Å². The van der Waals surface area contributed by atoms with Crippen LogP contribution in [-0.2, 0) is 9.47 Å². The topological polar surface area (TPSA) is 74.2 Å². The summed E-state index contributed by atoms with van der Waals surface area (Å²) < 4.78 is 18.8. The number of nitrogens with zero attached hydrogens (tertiary/aromatic N) is 3. The third-order valence-electron chi connectivity index (χ3n) is 4.09. The van der Waals surface area contributed by atoms with Gasteiger partial charge in [0.15, 0.2) is 0 Å². The van der Waals surface area contributed by atoms with Crippen molar-refractivity contribution in [3.63, 3.8) is 0 Å². The van der Waals surface area contributed by atoms with E-state index in [2.05, 4.69) is 22.2 Å². The van der Waals surface area contributed by atoms with E-state index in [0.717, 1.165) is 27.9 Å². The van der Waals surface area contributed by atoms with E-state index >= 15 is 0 Å². The minimum Gasteiger partial charge on any atom is -0.491 e. The molecule has 1 N–H and O–H groups in total. The molecule has 0 aliphatic carbocycles. The van der Waals surface area contributed by atoms with E-state index in [-0.39, 0.29) is 6.04 Å². The van der Waals surface area contributed by atoms with Gasteiger partial charge in [-0.15, -0.1) is 0 Å². The summed E-state index contributed by atoms with van der Waals surface area (Å²) in [5.74, 6) is 0.804. The summed E-state index contributed by atoms with van der Waals surface area (Å²) in [5.41, 5.74) is 2.82. The normalized spacial score (nSPS) is 19.5. The zero-order valence-electron chi connectivity index (χ0n) is 13.6. The van der Waals surface area contributed by atoms with Crippen molar-refractivity contribution in [1.29, 1.82) is 0 Å². The van der Waals surface area contributed by atoms with Gasteiger partial charge in [-0.1, -0.05) is 0 Å². The summed E-state index contributed by atoms with van der Waals surface area (Å²) in [4.78, 5) is 0. The maximum absolute atomic E-state index is 5.76. The van der Waals surface area contributed by atoms with Gasteiger partial charge in [0.05, 0.1) is 44.2 Å². The molecular formula is C17H20N4O3. The van der Waals surface area contributed by atoms with Gasteiger partial charge in [-0.25, -0.2) is 0 Å². The highest BCUT2D eigenvalue weighted by Gasteiger charge is 2.14. The molecule has 7 heteroatoms. The molecule has 1 aliphatic rings. The Labute approximate surface area is 139 Å². The fourth-order valence-electron chi connectivity index (χ4n) is 2.77. The van der Waals surface area contributed by atoms with Crippen LogP contribution in [0.1, 0.15) is 13.0 Å². The number of fused-ring (bicyclic) bond motifs is 4. The Hall–Kier alpha value is -2.38. The maximum atomic E-state index is 5.76. The molecule has 0 amide bonds. The van der Waals surface area contributed by atoms with E-state index in [1.54, 1.807) is 0 Å². The molecule has 0 fully saturated rings. The van der Waals surface area contributed by atoms with Gasteiger partial charge < -0.3 is 14.2 Å². The summed E-state index contributed by atoms with van der Waals surface area (Å²) >= 11 is 0. The first-order valence-electron chi connectivity index (χ1n) is 8.12. The number of aromatic amines is 1. The zero-order valence-corrected chi connectivity index (χ0v) is 13.6. The summed E-state index contributed by atoms with van der Waals surface area (Å²) in [6.07, 6.45) is 3.83. The summed E-state index contributed by atoms with van der Waals surface area (Å²) in [6.45, 7) is 4.84. The number of ether oxygens (including phenoxy) is 3. The van der Waals surface area contributed by atoms with Crippen LogP contribution >= 0.6 is 0 Å². The molecule has 4 bridgehead atoms. The summed E-state index contributed by atoms with van der Waals surface area (Å²) in [5, 5.41) is 13.0. The highest BCUT2D eigenvalue weighted by atomic mass is 16.5. The summed E-state index contributed by atoms with van der Waals surface area (Å²) in [7, 11) is 0. The van der Waals surface area contributed by atoms with E-state index in [9.17, 15) is 0 Å². The molecule has 1 aliphatic heterocycles. The zero-order chi connectivity index (χ0) is 16.4. The Kier molecular flexibility index (Phi) is 4.18. The Bertz CT molecular complexity index is 826. The van der Waals surface area contributed by atoms with Crippen LogP contribution in [0.25, 0.3) is 22.2 Å². The fourth-order valence-corrected chi connectivity index (χ4v) is 2.77. The number of hydrogen-bond donors (Lipinski definition) is 1. The molecular weight excluding hydrogens is 308 g/mol. The molecule has 126 valence electrons. The van der Waals surface area contributed by atoms with E-state index in [1.165, 1.54) is 0 Å². The quantitative estimate of drug-likeness (QED) is 0.686. The Morgan fingerprint density at radius 2 is 2.04 bits per heavy atom. The van der Waals surface area contributed by atoms with Gasteiger partial charge in [-0.2, -0.15) is 10.2 Å². The molecule has 0 unspecified atom stereocenters. The first-order chi connectivity index (χ1) is 11.8. The van der Waals surface area contributed by atoms with Crippen molar-refractivity contribution in [3.05, 3.63) is 30.6 Å². The predicted molar refractivity (Wildman–Crippen MR) is 89.2 cm³/mol. The average Bonchev–Trinajstić information content (AvgIpc) is 3.22. The van der Waals surface area contributed by atoms with E-state index < -0.39 is 0 Å². The number of H-pyrrole nitrogens is 1. The van der Waals surface area contributed by atoms with Crippen LogP contribution in [0.15, 0.2) is 30.6 Å². The Morgan fingerprint density at radius 1 is 1.17 bits per heavy atom.